The Bertz CT molecular complexity index is 2950. The molecule has 5 heteroatoms. The van der Waals surface area contributed by atoms with E-state index in [1.54, 1.807) is 0 Å². The standard InChI is InChI=1S/C54H34N4.C2H7N.2C2H6/c55-35-43-33-41-21-22-42-34-44(36-56)54(58(46-19-11-4-12-20-46)48-29-25-40(26-30-48)38-15-7-2-8-16-38)50-32-31-49(51(41)52(42)50)53(43)57(45-17-9-3-10-18-45)47-27-23-39(24-28-47)37-13-5-1-6-14-37;1-3-2;2*1-2/h1-34H;3H,1-2H3;2*1-2H3. The Labute approximate surface area is 384 Å². The van der Waals surface area contributed by atoms with Crippen LogP contribution in [0, 0.1) is 22.7 Å². The van der Waals surface area contributed by atoms with Crippen LogP contribution in [0.5, 0.6) is 0 Å². The summed E-state index contributed by atoms with van der Waals surface area (Å²) < 4.78 is 0. The topological polar surface area (TPSA) is 66.1 Å². The molecule has 0 aliphatic carbocycles. The van der Waals surface area contributed by atoms with Gasteiger partial charge in [-0.25, -0.2) is 0 Å². The summed E-state index contributed by atoms with van der Waals surface area (Å²) >= 11 is 0. The number of anilines is 6. The zero-order valence-electron chi connectivity index (χ0n) is 37.9. The summed E-state index contributed by atoms with van der Waals surface area (Å²) in [5, 5.41) is 30.4. The Morgan fingerprint density at radius 2 is 0.631 bits per heavy atom. The molecule has 0 radical (unpaired) electrons. The first-order valence-electron chi connectivity index (χ1n) is 22.3. The second kappa shape index (κ2) is 21.2. The van der Waals surface area contributed by atoms with Gasteiger partial charge in [-0.3, -0.25) is 0 Å². The Morgan fingerprint density at radius 3 is 0.938 bits per heavy atom. The lowest BCUT2D eigenvalue weighted by Gasteiger charge is -2.30. The molecule has 0 amide bonds. The molecule has 10 aromatic carbocycles. The van der Waals surface area contributed by atoms with Gasteiger partial charge >= 0.3 is 0 Å². The fraction of sp³-hybridized carbons (Fsp3) is 0.100. The number of para-hydroxylation sites is 2. The highest BCUT2D eigenvalue weighted by Gasteiger charge is 2.26. The first-order valence-corrected chi connectivity index (χ1v) is 22.3. The summed E-state index contributed by atoms with van der Waals surface area (Å²) in [5.74, 6) is 0. The van der Waals surface area contributed by atoms with Crippen molar-refractivity contribution in [2.24, 2.45) is 0 Å². The van der Waals surface area contributed by atoms with E-state index < -0.39 is 0 Å². The van der Waals surface area contributed by atoms with Crippen LogP contribution in [0.2, 0.25) is 0 Å². The van der Waals surface area contributed by atoms with Crippen molar-refractivity contribution in [2.45, 2.75) is 27.7 Å². The minimum atomic E-state index is 0.573. The Hall–Kier alpha value is -8.22. The quantitative estimate of drug-likeness (QED) is 0.154. The number of rotatable bonds is 8. The number of benzene rings is 10. The molecule has 318 valence electrons. The monoisotopic (exact) mass is 843 g/mol. The average Bonchev–Trinajstić information content (AvgIpc) is 3.39. The van der Waals surface area contributed by atoms with Crippen molar-refractivity contribution in [2.75, 3.05) is 23.9 Å². The molecule has 5 nitrogen and oxygen atoms in total. The molecule has 10 aromatic rings. The van der Waals surface area contributed by atoms with E-state index in [1.807, 2.05) is 102 Å². The molecule has 0 spiro atoms. The van der Waals surface area contributed by atoms with Crippen molar-refractivity contribution in [3.8, 4) is 34.4 Å². The molecule has 0 saturated heterocycles. The summed E-state index contributed by atoms with van der Waals surface area (Å²) in [7, 11) is 3.75. The Balaban J connectivity index is 0.000000855. The minimum absolute atomic E-state index is 0.573. The van der Waals surface area contributed by atoms with Gasteiger partial charge in [-0.05, 0) is 119 Å². The molecule has 0 aromatic heterocycles. The molecule has 10 rings (SSSR count). The van der Waals surface area contributed by atoms with E-state index >= 15 is 0 Å². The smallest absolute Gasteiger partial charge is 0.101 e. The maximum absolute atomic E-state index is 10.8. The van der Waals surface area contributed by atoms with Crippen LogP contribution in [0.4, 0.5) is 34.1 Å². The van der Waals surface area contributed by atoms with Crippen molar-refractivity contribution < 1.29 is 0 Å². The van der Waals surface area contributed by atoms with Crippen molar-refractivity contribution in [3.63, 3.8) is 0 Å². The van der Waals surface area contributed by atoms with Crippen LogP contribution in [-0.2, 0) is 0 Å². The van der Waals surface area contributed by atoms with Gasteiger partial charge in [0, 0.05) is 33.5 Å². The second-order valence-electron chi connectivity index (χ2n) is 14.9. The highest BCUT2D eigenvalue weighted by atomic mass is 15.2. The number of hydrogen-bond donors (Lipinski definition) is 1. The third kappa shape index (κ3) is 9.01. The molecule has 1 N–H and O–H groups in total. The number of hydrogen-bond acceptors (Lipinski definition) is 5. The fourth-order valence-electron chi connectivity index (χ4n) is 8.41. The minimum Gasteiger partial charge on any atom is -0.323 e. The van der Waals surface area contributed by atoms with Crippen LogP contribution >= 0.6 is 0 Å². The highest BCUT2D eigenvalue weighted by molar-refractivity contribution is 6.29. The molecule has 0 atom stereocenters. The van der Waals surface area contributed by atoms with Gasteiger partial charge in [0.25, 0.3) is 0 Å². The lowest BCUT2D eigenvalue weighted by Crippen LogP contribution is -2.13. The summed E-state index contributed by atoms with van der Waals surface area (Å²) in [4.78, 5) is 4.40. The van der Waals surface area contributed by atoms with Crippen molar-refractivity contribution >= 4 is 66.4 Å². The lowest BCUT2D eigenvalue weighted by atomic mass is 9.88. The molecule has 0 fully saturated rings. The van der Waals surface area contributed by atoms with Crippen LogP contribution in [0.1, 0.15) is 38.8 Å². The van der Waals surface area contributed by atoms with Gasteiger partial charge in [0.2, 0.25) is 0 Å². The van der Waals surface area contributed by atoms with Gasteiger partial charge < -0.3 is 15.1 Å². The largest absolute Gasteiger partial charge is 0.323 e. The number of nitrogens with zero attached hydrogens (tertiary/aromatic N) is 4. The fourth-order valence-corrected chi connectivity index (χ4v) is 8.41. The van der Waals surface area contributed by atoms with Crippen LogP contribution in [0.3, 0.4) is 0 Å². The molecule has 0 bridgehead atoms. The maximum atomic E-state index is 10.8. The molecule has 65 heavy (non-hydrogen) atoms. The van der Waals surface area contributed by atoms with E-state index in [9.17, 15) is 10.5 Å². The molecule has 0 heterocycles. The summed E-state index contributed by atoms with van der Waals surface area (Å²) in [6.45, 7) is 8.00. The van der Waals surface area contributed by atoms with Crippen LogP contribution in [0.25, 0.3) is 54.6 Å². The maximum Gasteiger partial charge on any atom is 0.101 e. The van der Waals surface area contributed by atoms with Crippen LogP contribution in [0.15, 0.2) is 206 Å². The van der Waals surface area contributed by atoms with Gasteiger partial charge in [0.1, 0.15) is 12.1 Å². The molecular formula is C60H53N5. The Kier molecular flexibility index (Phi) is 14.6. The highest BCUT2D eigenvalue weighted by Crippen LogP contribution is 2.50. The zero-order valence-corrected chi connectivity index (χ0v) is 37.9. The van der Waals surface area contributed by atoms with Gasteiger partial charge in [0.15, 0.2) is 0 Å². The number of nitrogens with one attached hydrogen (secondary N) is 1. The van der Waals surface area contributed by atoms with E-state index in [0.717, 1.165) is 88.7 Å². The van der Waals surface area contributed by atoms with Crippen LogP contribution in [-0.4, -0.2) is 14.1 Å². The van der Waals surface area contributed by atoms with Crippen molar-refractivity contribution in [1.82, 2.24) is 5.32 Å². The van der Waals surface area contributed by atoms with E-state index in [1.165, 1.54) is 0 Å². The van der Waals surface area contributed by atoms with Gasteiger partial charge in [-0.1, -0.05) is 173 Å². The zero-order chi connectivity index (χ0) is 45.7. The second-order valence-corrected chi connectivity index (χ2v) is 14.9. The SMILES string of the molecule is CC.CC.CNC.N#Cc1cc2ccc3cc(C#N)c(N(c4ccccc4)c4ccc(-c5ccccc5)cc4)c4ccc(c1N(c1ccccc1)c1ccc(-c5ccccc5)cc1)c2c34. The third-order valence-electron chi connectivity index (χ3n) is 11.0. The van der Waals surface area contributed by atoms with Crippen molar-refractivity contribution in [1.29, 1.82) is 10.5 Å². The van der Waals surface area contributed by atoms with E-state index in [0.29, 0.717) is 11.1 Å². The van der Waals surface area contributed by atoms with E-state index in [2.05, 4.69) is 173 Å². The van der Waals surface area contributed by atoms with Crippen molar-refractivity contribution in [3.05, 3.63) is 217 Å². The van der Waals surface area contributed by atoms with E-state index in [4.69, 9.17) is 0 Å². The molecule has 0 saturated carbocycles. The summed E-state index contributed by atoms with van der Waals surface area (Å²) in [6, 6.07) is 75.9. The predicted octanol–water partition coefficient (Wildman–Crippen LogP) is 16.5. The van der Waals surface area contributed by atoms with E-state index in [-0.39, 0.29) is 0 Å². The first kappa shape index (κ1) is 44.8. The van der Waals surface area contributed by atoms with Crippen LogP contribution < -0.4 is 15.1 Å². The Morgan fingerprint density at radius 1 is 0.354 bits per heavy atom. The summed E-state index contributed by atoms with van der Waals surface area (Å²) in [5.41, 5.74) is 11.1. The normalized spacial score (nSPS) is 10.3. The number of nitriles is 2. The predicted molar refractivity (Wildman–Crippen MR) is 277 cm³/mol. The lowest BCUT2D eigenvalue weighted by molar-refractivity contribution is 1.02. The van der Waals surface area contributed by atoms with Gasteiger partial charge in [0.05, 0.1) is 22.5 Å². The third-order valence-corrected chi connectivity index (χ3v) is 11.0. The van der Waals surface area contributed by atoms with Gasteiger partial charge in [-0.15, -0.1) is 0 Å². The first-order chi connectivity index (χ1) is 32.1. The molecule has 0 unspecified atom stereocenters. The summed E-state index contributed by atoms with van der Waals surface area (Å²) in [6.07, 6.45) is 0. The molecular weight excluding hydrogens is 791 g/mol. The molecule has 0 aliphatic heterocycles. The molecule has 0 aliphatic rings. The average molecular weight is 844 g/mol. The van der Waals surface area contributed by atoms with Gasteiger partial charge in [-0.2, -0.15) is 10.5 Å².